The predicted octanol–water partition coefficient (Wildman–Crippen LogP) is 4.27. The first-order valence-electron chi connectivity index (χ1n) is 6.30. The third-order valence-electron chi connectivity index (χ3n) is 3.42. The van der Waals surface area contributed by atoms with Gasteiger partial charge in [-0.05, 0) is 43.2 Å². The van der Waals surface area contributed by atoms with Crippen molar-refractivity contribution in [1.82, 2.24) is 5.32 Å². The lowest BCUT2D eigenvalue weighted by Gasteiger charge is -2.32. The van der Waals surface area contributed by atoms with Gasteiger partial charge in [0.1, 0.15) is 0 Å². The smallest absolute Gasteiger partial charge is 0.0409 e. The van der Waals surface area contributed by atoms with E-state index in [0.717, 1.165) is 5.02 Å². The van der Waals surface area contributed by atoms with Crippen molar-refractivity contribution in [2.24, 2.45) is 0 Å². The van der Waals surface area contributed by atoms with E-state index in [-0.39, 0.29) is 0 Å². The molecule has 0 spiro atoms. The van der Waals surface area contributed by atoms with Gasteiger partial charge < -0.3 is 5.32 Å². The van der Waals surface area contributed by atoms with Gasteiger partial charge >= 0.3 is 0 Å². The van der Waals surface area contributed by atoms with Crippen molar-refractivity contribution in [2.45, 2.75) is 44.0 Å². The van der Waals surface area contributed by atoms with E-state index in [2.05, 4.69) is 43.1 Å². The summed E-state index contributed by atoms with van der Waals surface area (Å²) in [4.78, 5) is 0. The van der Waals surface area contributed by atoms with Crippen LogP contribution in [0.5, 0.6) is 0 Å². The Bertz CT molecular complexity index is 369. The predicted molar refractivity (Wildman–Crippen MR) is 77.9 cm³/mol. The zero-order chi connectivity index (χ0) is 12.3. The fourth-order valence-corrected chi connectivity index (χ4v) is 3.69. The van der Waals surface area contributed by atoms with Crippen LogP contribution < -0.4 is 5.32 Å². The minimum atomic E-state index is 0.375. The molecular formula is C14H20ClNS. The van der Waals surface area contributed by atoms with E-state index in [1.165, 1.54) is 24.2 Å². The molecule has 1 aliphatic heterocycles. The minimum Gasteiger partial charge on any atom is -0.306 e. The molecule has 0 aliphatic carbocycles. The number of halogens is 1. The molecule has 1 nitrogen and oxygen atoms in total. The molecule has 0 saturated carbocycles. The largest absolute Gasteiger partial charge is 0.306 e. The van der Waals surface area contributed by atoms with Crippen LogP contribution >= 0.6 is 23.4 Å². The molecule has 0 radical (unpaired) electrons. The van der Waals surface area contributed by atoms with Gasteiger partial charge in [0.25, 0.3) is 0 Å². The van der Waals surface area contributed by atoms with Crippen LogP contribution in [0.25, 0.3) is 0 Å². The van der Waals surface area contributed by atoms with Gasteiger partial charge in [-0.3, -0.25) is 0 Å². The van der Waals surface area contributed by atoms with Crippen molar-refractivity contribution in [2.75, 3.05) is 5.75 Å². The average Bonchev–Trinajstić information content (AvgIpc) is 2.32. The molecule has 2 rings (SSSR count). The van der Waals surface area contributed by atoms with Gasteiger partial charge in [0.05, 0.1) is 0 Å². The van der Waals surface area contributed by atoms with Crippen LogP contribution in [-0.4, -0.2) is 17.0 Å². The molecule has 17 heavy (non-hydrogen) atoms. The number of thioether (sulfide) groups is 1. The molecule has 0 amide bonds. The molecule has 0 bridgehead atoms. The Morgan fingerprint density at radius 2 is 2.29 bits per heavy atom. The van der Waals surface area contributed by atoms with E-state index in [1.54, 1.807) is 0 Å². The lowest BCUT2D eigenvalue weighted by Crippen LogP contribution is -2.40. The second-order valence-electron chi connectivity index (χ2n) is 4.77. The molecule has 1 aromatic rings. The molecule has 3 heteroatoms. The van der Waals surface area contributed by atoms with E-state index >= 15 is 0 Å². The number of hydrogen-bond acceptors (Lipinski definition) is 2. The molecule has 2 unspecified atom stereocenters. The fraction of sp³-hybridized carbons (Fsp3) is 0.571. The highest BCUT2D eigenvalue weighted by atomic mass is 35.5. The Hall–Kier alpha value is -0.180. The monoisotopic (exact) mass is 269 g/mol. The molecule has 1 aromatic carbocycles. The third kappa shape index (κ3) is 3.64. The first kappa shape index (κ1) is 13.3. The zero-order valence-electron chi connectivity index (χ0n) is 10.4. The van der Waals surface area contributed by atoms with Gasteiger partial charge in [0.15, 0.2) is 0 Å². The zero-order valence-corrected chi connectivity index (χ0v) is 12.0. The summed E-state index contributed by atoms with van der Waals surface area (Å²) < 4.78 is 0. The summed E-state index contributed by atoms with van der Waals surface area (Å²) >= 11 is 8.11. The van der Waals surface area contributed by atoms with Crippen LogP contribution in [0, 0.1) is 0 Å². The highest BCUT2D eigenvalue weighted by Gasteiger charge is 2.23. The minimum absolute atomic E-state index is 0.375. The molecule has 1 saturated heterocycles. The highest BCUT2D eigenvalue weighted by molar-refractivity contribution is 7.99. The molecule has 1 N–H and O–H groups in total. The van der Waals surface area contributed by atoms with Crippen molar-refractivity contribution < 1.29 is 0 Å². The molecular weight excluding hydrogens is 250 g/mol. The molecule has 1 fully saturated rings. The Morgan fingerprint density at radius 1 is 1.47 bits per heavy atom. The average molecular weight is 270 g/mol. The first-order chi connectivity index (χ1) is 8.16. The summed E-state index contributed by atoms with van der Waals surface area (Å²) in [5.74, 6) is 1.31. The van der Waals surface area contributed by atoms with Crippen molar-refractivity contribution in [3.63, 3.8) is 0 Å². The van der Waals surface area contributed by atoms with Crippen LogP contribution in [0.15, 0.2) is 24.3 Å². The van der Waals surface area contributed by atoms with Gasteiger partial charge in [0, 0.05) is 22.4 Å². The van der Waals surface area contributed by atoms with E-state index < -0.39 is 0 Å². The highest BCUT2D eigenvalue weighted by Crippen LogP contribution is 2.27. The van der Waals surface area contributed by atoms with Crippen molar-refractivity contribution in [3.8, 4) is 0 Å². The maximum Gasteiger partial charge on any atom is 0.0409 e. The number of nitrogens with one attached hydrogen (secondary N) is 1. The van der Waals surface area contributed by atoms with E-state index in [9.17, 15) is 0 Å². The SMILES string of the molecule is CC1SCCCC1N[C@H](C)c1cccc(Cl)c1. The third-order valence-corrected chi connectivity index (χ3v) is 5.03. The number of benzene rings is 1. The summed E-state index contributed by atoms with van der Waals surface area (Å²) in [5, 5.41) is 5.27. The molecule has 1 heterocycles. The molecule has 3 atom stereocenters. The van der Waals surface area contributed by atoms with Crippen LogP contribution in [0.3, 0.4) is 0 Å². The van der Waals surface area contributed by atoms with Crippen LogP contribution in [-0.2, 0) is 0 Å². The fourth-order valence-electron chi connectivity index (χ4n) is 2.34. The number of rotatable bonds is 3. The van der Waals surface area contributed by atoms with Crippen molar-refractivity contribution in [1.29, 1.82) is 0 Å². The second kappa shape index (κ2) is 6.12. The Labute approximate surface area is 113 Å². The van der Waals surface area contributed by atoms with E-state index in [1.807, 2.05) is 12.1 Å². The van der Waals surface area contributed by atoms with Gasteiger partial charge in [-0.25, -0.2) is 0 Å². The first-order valence-corrected chi connectivity index (χ1v) is 7.72. The summed E-state index contributed by atoms with van der Waals surface area (Å²) in [7, 11) is 0. The van der Waals surface area contributed by atoms with E-state index in [0.29, 0.717) is 17.3 Å². The topological polar surface area (TPSA) is 12.0 Å². The standard InChI is InChI=1S/C14H20ClNS/c1-10(12-5-3-6-13(15)9-12)16-14-7-4-8-17-11(14)2/h3,5-6,9-11,14,16H,4,7-8H2,1-2H3/t10-,11?,14?/m1/s1. The molecule has 0 aromatic heterocycles. The Balaban J connectivity index is 1.98. The van der Waals surface area contributed by atoms with E-state index in [4.69, 9.17) is 11.6 Å². The maximum absolute atomic E-state index is 6.03. The van der Waals surface area contributed by atoms with Gasteiger partial charge in [-0.1, -0.05) is 30.7 Å². The quantitative estimate of drug-likeness (QED) is 0.879. The Morgan fingerprint density at radius 3 is 3.00 bits per heavy atom. The maximum atomic E-state index is 6.03. The van der Waals surface area contributed by atoms with Crippen LogP contribution in [0.1, 0.15) is 38.3 Å². The normalized spacial score (nSPS) is 26.8. The van der Waals surface area contributed by atoms with Crippen LogP contribution in [0.2, 0.25) is 5.02 Å². The summed E-state index contributed by atoms with van der Waals surface area (Å²) in [6, 6.07) is 9.15. The number of hydrogen-bond donors (Lipinski definition) is 1. The lowest BCUT2D eigenvalue weighted by atomic mass is 10.0. The van der Waals surface area contributed by atoms with Crippen LogP contribution in [0.4, 0.5) is 0 Å². The van der Waals surface area contributed by atoms with Crippen molar-refractivity contribution in [3.05, 3.63) is 34.9 Å². The Kier molecular flexibility index (Phi) is 4.78. The van der Waals surface area contributed by atoms with Crippen molar-refractivity contribution >= 4 is 23.4 Å². The molecule has 94 valence electrons. The summed E-state index contributed by atoms with van der Waals surface area (Å²) in [5.41, 5.74) is 1.28. The van der Waals surface area contributed by atoms with Gasteiger partial charge in [0.2, 0.25) is 0 Å². The molecule has 1 aliphatic rings. The lowest BCUT2D eigenvalue weighted by molar-refractivity contribution is 0.417. The summed E-state index contributed by atoms with van der Waals surface area (Å²) in [6.07, 6.45) is 2.62. The van der Waals surface area contributed by atoms with Gasteiger partial charge in [-0.2, -0.15) is 11.8 Å². The summed E-state index contributed by atoms with van der Waals surface area (Å²) in [6.45, 7) is 4.55. The second-order valence-corrected chi connectivity index (χ2v) is 6.69. The van der Waals surface area contributed by atoms with Gasteiger partial charge in [-0.15, -0.1) is 0 Å².